The van der Waals surface area contributed by atoms with E-state index in [2.05, 4.69) is 15.3 Å². The molecule has 2 heterocycles. The van der Waals surface area contributed by atoms with Gasteiger partial charge in [0.05, 0.1) is 0 Å². The summed E-state index contributed by atoms with van der Waals surface area (Å²) in [5.74, 6) is 0. The Morgan fingerprint density at radius 3 is 2.62 bits per heavy atom. The molecule has 0 aliphatic carbocycles. The predicted molar refractivity (Wildman–Crippen MR) is 47.8 cm³/mol. The molecule has 5 nitrogen and oxygen atoms in total. The van der Waals surface area contributed by atoms with E-state index in [0.717, 1.165) is 11.3 Å². The molecule has 0 aliphatic heterocycles. The summed E-state index contributed by atoms with van der Waals surface area (Å²) in [6.07, 6.45) is 0. The van der Waals surface area contributed by atoms with Gasteiger partial charge in [-0.05, 0) is 20.8 Å². The fourth-order valence-electron chi connectivity index (χ4n) is 1.23. The SMILES string of the molecule is Cc1[nH]n2c(=O)c(C)nnc2c1C. The number of H-pyrrole nitrogens is 1. The summed E-state index contributed by atoms with van der Waals surface area (Å²) in [5.41, 5.74) is 2.77. The normalized spacial score (nSPS) is 11.0. The van der Waals surface area contributed by atoms with E-state index in [1.807, 2.05) is 13.8 Å². The summed E-state index contributed by atoms with van der Waals surface area (Å²) in [6, 6.07) is 0. The Labute approximate surface area is 74.4 Å². The molecule has 2 aromatic heterocycles. The van der Waals surface area contributed by atoms with Crippen LogP contribution in [-0.4, -0.2) is 19.8 Å². The van der Waals surface area contributed by atoms with Crippen LogP contribution in [0.2, 0.25) is 0 Å². The van der Waals surface area contributed by atoms with Crippen molar-refractivity contribution in [3.8, 4) is 0 Å². The Bertz CT molecular complexity index is 523. The smallest absolute Gasteiger partial charge is 0.294 e. The number of fused-ring (bicyclic) bond motifs is 1. The summed E-state index contributed by atoms with van der Waals surface area (Å²) in [7, 11) is 0. The third kappa shape index (κ3) is 0.965. The second-order valence-corrected chi connectivity index (χ2v) is 3.11. The molecule has 0 atom stereocenters. The zero-order valence-corrected chi connectivity index (χ0v) is 7.75. The maximum atomic E-state index is 11.5. The van der Waals surface area contributed by atoms with Crippen molar-refractivity contribution >= 4 is 5.65 Å². The lowest BCUT2D eigenvalue weighted by Crippen LogP contribution is -2.19. The van der Waals surface area contributed by atoms with E-state index < -0.39 is 0 Å². The lowest BCUT2D eigenvalue weighted by Gasteiger charge is -1.92. The van der Waals surface area contributed by atoms with Gasteiger partial charge in [-0.1, -0.05) is 0 Å². The molecule has 0 spiro atoms. The number of aromatic nitrogens is 4. The highest BCUT2D eigenvalue weighted by Gasteiger charge is 2.08. The molecular formula is C8H10N4O. The second kappa shape index (κ2) is 2.42. The van der Waals surface area contributed by atoms with Crippen molar-refractivity contribution in [1.29, 1.82) is 0 Å². The summed E-state index contributed by atoms with van der Waals surface area (Å²) in [5, 5.41) is 10.7. The van der Waals surface area contributed by atoms with Crippen molar-refractivity contribution in [3.63, 3.8) is 0 Å². The molecule has 0 fully saturated rings. The summed E-state index contributed by atoms with van der Waals surface area (Å²) < 4.78 is 1.42. The summed E-state index contributed by atoms with van der Waals surface area (Å²) >= 11 is 0. The van der Waals surface area contributed by atoms with Gasteiger partial charge in [0.25, 0.3) is 5.56 Å². The average Bonchev–Trinajstić information content (AvgIpc) is 2.38. The molecule has 2 aromatic rings. The van der Waals surface area contributed by atoms with Crippen LogP contribution in [0.5, 0.6) is 0 Å². The molecule has 0 saturated heterocycles. The standard InChI is InChI=1S/C8H10N4O/c1-4-5(2)11-12-7(4)10-9-6(3)8(12)13/h11H,1-3H3. The number of nitrogens with zero attached hydrogens (tertiary/aromatic N) is 3. The Kier molecular flexibility index (Phi) is 1.48. The van der Waals surface area contributed by atoms with Gasteiger partial charge in [-0.3, -0.25) is 9.89 Å². The number of aromatic amines is 1. The Hall–Kier alpha value is -1.65. The highest BCUT2D eigenvalue weighted by molar-refractivity contribution is 5.47. The van der Waals surface area contributed by atoms with E-state index in [1.54, 1.807) is 6.92 Å². The van der Waals surface area contributed by atoms with Gasteiger partial charge < -0.3 is 0 Å². The molecule has 0 bridgehead atoms. The summed E-state index contributed by atoms with van der Waals surface area (Å²) in [4.78, 5) is 11.5. The largest absolute Gasteiger partial charge is 0.294 e. The average molecular weight is 178 g/mol. The first-order valence-corrected chi connectivity index (χ1v) is 4.02. The van der Waals surface area contributed by atoms with Gasteiger partial charge in [-0.25, -0.2) is 0 Å². The molecule has 0 radical (unpaired) electrons. The van der Waals surface area contributed by atoms with Gasteiger partial charge in [-0.2, -0.15) is 4.52 Å². The van der Waals surface area contributed by atoms with Crippen LogP contribution in [0.15, 0.2) is 4.79 Å². The number of nitrogens with one attached hydrogen (secondary N) is 1. The lowest BCUT2D eigenvalue weighted by molar-refractivity contribution is 0.817. The van der Waals surface area contributed by atoms with Crippen molar-refractivity contribution in [1.82, 2.24) is 19.8 Å². The maximum Gasteiger partial charge on any atom is 0.294 e. The van der Waals surface area contributed by atoms with E-state index in [-0.39, 0.29) is 5.56 Å². The minimum absolute atomic E-state index is 0.138. The van der Waals surface area contributed by atoms with Crippen LogP contribution in [0, 0.1) is 20.8 Å². The Balaban J connectivity index is 3.03. The van der Waals surface area contributed by atoms with Gasteiger partial charge in [0.1, 0.15) is 5.69 Å². The van der Waals surface area contributed by atoms with Gasteiger partial charge in [-0.15, -0.1) is 10.2 Å². The first kappa shape index (κ1) is 7.97. The quantitative estimate of drug-likeness (QED) is 0.632. The highest BCUT2D eigenvalue weighted by atomic mass is 16.1. The molecule has 13 heavy (non-hydrogen) atoms. The van der Waals surface area contributed by atoms with E-state index in [9.17, 15) is 4.79 Å². The highest BCUT2D eigenvalue weighted by Crippen LogP contribution is 2.07. The fourth-order valence-corrected chi connectivity index (χ4v) is 1.23. The molecule has 0 aromatic carbocycles. The fraction of sp³-hybridized carbons (Fsp3) is 0.375. The van der Waals surface area contributed by atoms with Crippen LogP contribution in [0.3, 0.4) is 0 Å². The van der Waals surface area contributed by atoms with Crippen LogP contribution in [-0.2, 0) is 0 Å². The first-order valence-electron chi connectivity index (χ1n) is 4.02. The molecular weight excluding hydrogens is 168 g/mol. The van der Waals surface area contributed by atoms with E-state index in [0.29, 0.717) is 11.3 Å². The van der Waals surface area contributed by atoms with Gasteiger partial charge in [0, 0.05) is 11.3 Å². The van der Waals surface area contributed by atoms with Crippen molar-refractivity contribution in [2.24, 2.45) is 0 Å². The zero-order valence-electron chi connectivity index (χ0n) is 7.75. The van der Waals surface area contributed by atoms with Crippen LogP contribution < -0.4 is 5.56 Å². The molecule has 1 N–H and O–H groups in total. The molecule has 0 saturated carbocycles. The number of rotatable bonds is 0. The Morgan fingerprint density at radius 1 is 1.23 bits per heavy atom. The van der Waals surface area contributed by atoms with Crippen molar-refractivity contribution in [2.45, 2.75) is 20.8 Å². The van der Waals surface area contributed by atoms with E-state index >= 15 is 0 Å². The van der Waals surface area contributed by atoms with Crippen molar-refractivity contribution < 1.29 is 0 Å². The van der Waals surface area contributed by atoms with Crippen LogP contribution >= 0.6 is 0 Å². The maximum absolute atomic E-state index is 11.5. The van der Waals surface area contributed by atoms with Gasteiger partial charge in [0.2, 0.25) is 0 Å². The predicted octanol–water partition coefficient (Wildman–Crippen LogP) is 0.343. The Morgan fingerprint density at radius 2 is 1.92 bits per heavy atom. The summed E-state index contributed by atoms with van der Waals surface area (Å²) in [6.45, 7) is 5.46. The third-order valence-corrected chi connectivity index (χ3v) is 2.20. The molecule has 5 heteroatoms. The van der Waals surface area contributed by atoms with Crippen molar-refractivity contribution in [2.75, 3.05) is 0 Å². The van der Waals surface area contributed by atoms with Crippen LogP contribution in [0.4, 0.5) is 0 Å². The lowest BCUT2D eigenvalue weighted by atomic mass is 10.3. The minimum atomic E-state index is -0.138. The first-order chi connectivity index (χ1) is 6.11. The van der Waals surface area contributed by atoms with E-state index in [1.165, 1.54) is 4.52 Å². The third-order valence-electron chi connectivity index (χ3n) is 2.20. The number of hydrogen-bond acceptors (Lipinski definition) is 3. The second-order valence-electron chi connectivity index (χ2n) is 3.11. The minimum Gasteiger partial charge on any atom is -0.294 e. The van der Waals surface area contributed by atoms with Gasteiger partial charge in [0.15, 0.2) is 5.65 Å². The van der Waals surface area contributed by atoms with Crippen LogP contribution in [0.25, 0.3) is 5.65 Å². The number of hydrogen-bond donors (Lipinski definition) is 1. The van der Waals surface area contributed by atoms with E-state index in [4.69, 9.17) is 0 Å². The zero-order chi connectivity index (χ0) is 9.59. The molecule has 2 rings (SSSR count). The molecule has 0 aliphatic rings. The monoisotopic (exact) mass is 178 g/mol. The molecule has 68 valence electrons. The molecule has 0 unspecified atom stereocenters. The van der Waals surface area contributed by atoms with Crippen LogP contribution in [0.1, 0.15) is 17.0 Å². The number of aryl methyl sites for hydroxylation is 3. The van der Waals surface area contributed by atoms with Gasteiger partial charge >= 0.3 is 0 Å². The van der Waals surface area contributed by atoms with Crippen molar-refractivity contribution in [3.05, 3.63) is 27.3 Å². The molecule has 0 amide bonds. The topological polar surface area (TPSA) is 63.0 Å².